The van der Waals surface area contributed by atoms with Crippen LogP contribution in [0, 0.1) is 5.41 Å². The van der Waals surface area contributed by atoms with Crippen LogP contribution in [0.15, 0.2) is 54.6 Å². The molecule has 2 aromatic carbocycles. The Kier molecular flexibility index (Phi) is 8.20. The molecule has 2 aliphatic rings. The van der Waals surface area contributed by atoms with E-state index in [1.807, 2.05) is 42.3 Å². The number of likely N-dealkylation sites (tertiary alicyclic amines) is 1. The van der Waals surface area contributed by atoms with E-state index in [1.165, 1.54) is 0 Å². The first-order valence-electron chi connectivity index (χ1n) is 12.5. The van der Waals surface area contributed by atoms with Crippen molar-refractivity contribution < 1.29 is 14.4 Å². The Morgan fingerprint density at radius 1 is 1.11 bits per heavy atom. The molecular formula is C27H35N7O3. The van der Waals surface area contributed by atoms with Gasteiger partial charge in [0, 0.05) is 18.7 Å². The molecular weight excluding hydrogens is 470 g/mol. The van der Waals surface area contributed by atoms with Gasteiger partial charge in [0.25, 0.3) is 0 Å². The van der Waals surface area contributed by atoms with Crippen LogP contribution in [-0.4, -0.2) is 83.2 Å². The fourth-order valence-electron chi connectivity index (χ4n) is 4.97. The van der Waals surface area contributed by atoms with Crippen molar-refractivity contribution >= 4 is 23.6 Å². The Bertz CT molecular complexity index is 1140. The van der Waals surface area contributed by atoms with E-state index in [0.29, 0.717) is 38.0 Å². The van der Waals surface area contributed by atoms with E-state index >= 15 is 0 Å². The molecule has 37 heavy (non-hydrogen) atoms. The summed E-state index contributed by atoms with van der Waals surface area (Å²) in [4.78, 5) is 44.5. The molecule has 2 fully saturated rings. The highest BCUT2D eigenvalue weighted by Gasteiger charge is 2.45. The molecule has 2 saturated heterocycles. The average molecular weight is 506 g/mol. The van der Waals surface area contributed by atoms with Gasteiger partial charge < -0.3 is 26.6 Å². The molecule has 0 aromatic heterocycles. The summed E-state index contributed by atoms with van der Waals surface area (Å²) in [7, 11) is 1.87. The molecule has 6 N–H and O–H groups in total. The predicted molar refractivity (Wildman–Crippen MR) is 140 cm³/mol. The van der Waals surface area contributed by atoms with Crippen molar-refractivity contribution in [3.63, 3.8) is 0 Å². The Labute approximate surface area is 217 Å². The van der Waals surface area contributed by atoms with Gasteiger partial charge >= 0.3 is 0 Å². The number of amides is 3. The summed E-state index contributed by atoms with van der Waals surface area (Å²) in [6, 6.07) is 15.2. The summed E-state index contributed by atoms with van der Waals surface area (Å²) < 4.78 is 0. The Morgan fingerprint density at radius 3 is 2.43 bits per heavy atom. The van der Waals surface area contributed by atoms with Gasteiger partial charge in [-0.25, -0.2) is 0 Å². The van der Waals surface area contributed by atoms with Gasteiger partial charge in [0.05, 0.1) is 25.3 Å². The highest BCUT2D eigenvalue weighted by molar-refractivity contribution is 5.95. The molecule has 2 aliphatic heterocycles. The molecule has 2 heterocycles. The number of nitrogens with two attached hydrogens (primary N) is 2. The van der Waals surface area contributed by atoms with E-state index in [4.69, 9.17) is 16.9 Å². The molecule has 0 spiro atoms. The minimum atomic E-state index is -0.745. The lowest BCUT2D eigenvalue weighted by atomic mass is 10.0. The summed E-state index contributed by atoms with van der Waals surface area (Å²) >= 11 is 0. The maximum atomic E-state index is 13.4. The number of likely N-dealkylation sites (N-methyl/N-ethyl adjacent to an activating group) is 1. The maximum absolute atomic E-state index is 13.4. The summed E-state index contributed by atoms with van der Waals surface area (Å²) in [6.45, 7) is 1.35. The predicted octanol–water partition coefficient (Wildman–Crippen LogP) is 0.248. The van der Waals surface area contributed by atoms with Crippen molar-refractivity contribution in [2.24, 2.45) is 11.5 Å². The van der Waals surface area contributed by atoms with Gasteiger partial charge in [-0.2, -0.15) is 0 Å². The summed E-state index contributed by atoms with van der Waals surface area (Å²) in [5.41, 5.74) is 14.4. The topological polar surface area (TPSA) is 149 Å². The molecule has 4 rings (SSSR count). The van der Waals surface area contributed by atoms with Gasteiger partial charge in [-0.3, -0.25) is 24.7 Å². The fourth-order valence-corrected chi connectivity index (χ4v) is 4.97. The van der Waals surface area contributed by atoms with Crippen molar-refractivity contribution in [2.45, 2.75) is 43.9 Å². The van der Waals surface area contributed by atoms with Gasteiger partial charge in [-0.15, -0.1) is 0 Å². The second kappa shape index (κ2) is 11.5. The number of hydrogen-bond acceptors (Lipinski definition) is 6. The standard InChI is InChI=1S/C27H35N7O3/c1-32-16-24(35)34(17-32)21-13-23(26(36)31-14-19-7-10-20(11-8-19)25(29)30)33(15-21)27(37)22(28)12-9-18-5-3-2-4-6-18/h2-8,10-11,21-23H,9,12-17,28H2,1H3,(H3,29,30)(H,31,36)/t21-,22+,23-/m0/s1. The number of amidine groups is 1. The monoisotopic (exact) mass is 505 g/mol. The second-order valence-corrected chi connectivity index (χ2v) is 9.87. The van der Waals surface area contributed by atoms with Gasteiger partial charge in [0.2, 0.25) is 17.7 Å². The third-order valence-electron chi connectivity index (χ3n) is 7.06. The highest BCUT2D eigenvalue weighted by atomic mass is 16.2. The van der Waals surface area contributed by atoms with E-state index < -0.39 is 12.1 Å². The van der Waals surface area contributed by atoms with Gasteiger partial charge in [0.15, 0.2) is 0 Å². The zero-order valence-electron chi connectivity index (χ0n) is 21.1. The molecule has 3 amide bonds. The molecule has 3 atom stereocenters. The average Bonchev–Trinajstić information content (AvgIpc) is 3.48. The van der Waals surface area contributed by atoms with E-state index in [-0.39, 0.29) is 42.7 Å². The number of nitrogen functional groups attached to an aromatic ring is 1. The third-order valence-corrected chi connectivity index (χ3v) is 7.06. The molecule has 10 nitrogen and oxygen atoms in total. The van der Waals surface area contributed by atoms with Crippen molar-refractivity contribution in [2.75, 3.05) is 26.8 Å². The lowest BCUT2D eigenvalue weighted by molar-refractivity contribution is -0.139. The van der Waals surface area contributed by atoms with Gasteiger partial charge in [0.1, 0.15) is 11.9 Å². The van der Waals surface area contributed by atoms with E-state index in [0.717, 1.165) is 11.1 Å². The number of carbonyl (C=O) groups excluding carboxylic acids is 3. The molecule has 10 heteroatoms. The SMILES string of the molecule is CN1CC(=O)N([C@H]2C[C@@H](C(=O)NCc3ccc(C(=N)N)cc3)N(C(=O)[C@H](N)CCc3ccccc3)C2)C1. The lowest BCUT2D eigenvalue weighted by Gasteiger charge is -2.27. The van der Waals surface area contributed by atoms with E-state index in [2.05, 4.69) is 5.32 Å². The zero-order valence-corrected chi connectivity index (χ0v) is 21.1. The number of nitrogens with zero attached hydrogens (tertiary/aromatic N) is 3. The summed E-state index contributed by atoms with van der Waals surface area (Å²) in [5, 5.41) is 10.4. The van der Waals surface area contributed by atoms with E-state index in [9.17, 15) is 14.4 Å². The Balaban J connectivity index is 1.44. The lowest BCUT2D eigenvalue weighted by Crippen LogP contribution is -2.51. The molecule has 0 radical (unpaired) electrons. The molecule has 0 saturated carbocycles. The summed E-state index contributed by atoms with van der Waals surface area (Å²) in [5.74, 6) is -0.571. The van der Waals surface area contributed by atoms with Crippen LogP contribution in [-0.2, 0) is 27.3 Å². The minimum Gasteiger partial charge on any atom is -0.384 e. The van der Waals surface area contributed by atoms with Crippen LogP contribution >= 0.6 is 0 Å². The van der Waals surface area contributed by atoms with Crippen LogP contribution in [0.2, 0.25) is 0 Å². The van der Waals surface area contributed by atoms with Crippen LogP contribution in [0.3, 0.4) is 0 Å². The first-order chi connectivity index (χ1) is 17.7. The Morgan fingerprint density at radius 2 is 1.81 bits per heavy atom. The zero-order chi connectivity index (χ0) is 26.5. The van der Waals surface area contributed by atoms with Crippen LogP contribution in [0.4, 0.5) is 0 Å². The summed E-state index contributed by atoms with van der Waals surface area (Å²) in [6.07, 6.45) is 1.49. The van der Waals surface area contributed by atoms with Gasteiger partial charge in [-0.1, -0.05) is 54.6 Å². The number of hydrogen-bond donors (Lipinski definition) is 4. The molecule has 0 bridgehead atoms. The van der Waals surface area contributed by atoms with Crippen LogP contribution in [0.1, 0.15) is 29.5 Å². The quantitative estimate of drug-likeness (QED) is 0.284. The van der Waals surface area contributed by atoms with Crippen LogP contribution in [0.25, 0.3) is 0 Å². The number of rotatable bonds is 9. The largest absolute Gasteiger partial charge is 0.384 e. The molecule has 0 unspecified atom stereocenters. The number of carbonyl (C=O) groups is 3. The number of benzene rings is 2. The molecule has 0 aliphatic carbocycles. The minimum absolute atomic E-state index is 0.0000979. The van der Waals surface area contributed by atoms with E-state index in [1.54, 1.807) is 34.1 Å². The molecule has 2 aromatic rings. The normalized spacial score (nSPS) is 20.8. The van der Waals surface area contributed by atoms with Crippen molar-refractivity contribution in [1.82, 2.24) is 20.0 Å². The fraction of sp³-hybridized carbons (Fsp3) is 0.407. The van der Waals surface area contributed by atoms with Crippen LogP contribution in [0.5, 0.6) is 0 Å². The van der Waals surface area contributed by atoms with Crippen molar-refractivity contribution in [3.8, 4) is 0 Å². The molecule has 196 valence electrons. The number of aryl methyl sites for hydroxylation is 1. The van der Waals surface area contributed by atoms with Gasteiger partial charge in [-0.05, 0) is 37.4 Å². The van der Waals surface area contributed by atoms with Crippen molar-refractivity contribution in [1.29, 1.82) is 5.41 Å². The van der Waals surface area contributed by atoms with Crippen molar-refractivity contribution in [3.05, 3.63) is 71.3 Å². The smallest absolute Gasteiger partial charge is 0.243 e. The third kappa shape index (κ3) is 6.33. The number of nitrogens with one attached hydrogen (secondary N) is 2. The second-order valence-electron chi connectivity index (χ2n) is 9.87. The Hall–Kier alpha value is -3.76. The first-order valence-corrected chi connectivity index (χ1v) is 12.5. The van der Waals surface area contributed by atoms with Crippen LogP contribution < -0.4 is 16.8 Å². The maximum Gasteiger partial charge on any atom is 0.243 e. The highest BCUT2D eigenvalue weighted by Crippen LogP contribution is 2.26. The first kappa shape index (κ1) is 26.3.